The molecular formula is C8H6N4O. The van der Waals surface area contributed by atoms with Crippen molar-refractivity contribution in [3.63, 3.8) is 0 Å². The number of hydrogen-bond donors (Lipinski definition) is 1. The molecule has 1 aliphatic heterocycles. The highest BCUT2D eigenvalue weighted by Gasteiger charge is 2.50. The van der Waals surface area contributed by atoms with Crippen molar-refractivity contribution in [3.05, 3.63) is 11.5 Å². The molecule has 1 rings (SSSR count). The van der Waals surface area contributed by atoms with E-state index >= 15 is 0 Å². The van der Waals surface area contributed by atoms with E-state index in [0.717, 1.165) is 0 Å². The highest BCUT2D eigenvalue weighted by molar-refractivity contribution is 5.47. The van der Waals surface area contributed by atoms with Gasteiger partial charge in [0, 0.05) is 0 Å². The lowest BCUT2D eigenvalue weighted by Gasteiger charge is -2.14. The minimum absolute atomic E-state index is 0.0926. The number of nitrogens with two attached hydrogens (primary N) is 1. The third-order valence-corrected chi connectivity index (χ3v) is 2.02. The Bertz CT molecular complexity index is 376. The Balaban J connectivity index is 3.35. The molecule has 0 aromatic heterocycles. The Kier molecular flexibility index (Phi) is 1.85. The third kappa shape index (κ3) is 0.898. The van der Waals surface area contributed by atoms with Crippen molar-refractivity contribution in [2.45, 2.75) is 13.0 Å². The zero-order chi connectivity index (χ0) is 10.1. The molecule has 0 unspecified atom stereocenters. The number of hydrogen-bond acceptors (Lipinski definition) is 5. The van der Waals surface area contributed by atoms with Crippen molar-refractivity contribution in [2.24, 2.45) is 11.1 Å². The molecule has 1 atom stereocenters. The Morgan fingerprint density at radius 2 is 1.92 bits per heavy atom. The van der Waals surface area contributed by atoms with E-state index in [1.807, 2.05) is 0 Å². The molecule has 13 heavy (non-hydrogen) atoms. The quantitative estimate of drug-likeness (QED) is 0.561. The predicted octanol–water partition coefficient (Wildman–Crippen LogP) is 0.133. The van der Waals surface area contributed by atoms with Gasteiger partial charge in [0.05, 0.1) is 12.1 Å². The average molecular weight is 174 g/mol. The summed E-state index contributed by atoms with van der Waals surface area (Å²) in [7, 11) is 0. The van der Waals surface area contributed by atoms with Crippen LogP contribution in [0.4, 0.5) is 0 Å². The topological polar surface area (TPSA) is 107 Å². The predicted molar refractivity (Wildman–Crippen MR) is 41.0 cm³/mol. The van der Waals surface area contributed by atoms with E-state index in [1.165, 1.54) is 6.92 Å². The van der Waals surface area contributed by atoms with Gasteiger partial charge in [-0.15, -0.1) is 0 Å². The van der Waals surface area contributed by atoms with Crippen LogP contribution in [0, 0.1) is 39.4 Å². The summed E-state index contributed by atoms with van der Waals surface area (Å²) < 4.78 is 4.95. The summed E-state index contributed by atoms with van der Waals surface area (Å²) in [5, 5.41) is 26.3. The second-order valence-electron chi connectivity index (χ2n) is 2.64. The molecule has 0 saturated carbocycles. The molecule has 0 aromatic carbocycles. The first-order chi connectivity index (χ1) is 6.12. The lowest BCUT2D eigenvalue weighted by molar-refractivity contribution is 0.121. The van der Waals surface area contributed by atoms with Gasteiger partial charge in [0.1, 0.15) is 17.7 Å². The van der Waals surface area contributed by atoms with Gasteiger partial charge in [-0.25, -0.2) is 0 Å². The number of nitriles is 3. The molecule has 0 fully saturated rings. The first-order valence-corrected chi connectivity index (χ1v) is 3.52. The van der Waals surface area contributed by atoms with Crippen LogP contribution < -0.4 is 5.73 Å². The van der Waals surface area contributed by atoms with Crippen molar-refractivity contribution in [2.75, 3.05) is 0 Å². The summed E-state index contributed by atoms with van der Waals surface area (Å²) >= 11 is 0. The summed E-state index contributed by atoms with van der Waals surface area (Å²) in [6.07, 6.45) is -0.697. The van der Waals surface area contributed by atoms with Crippen LogP contribution in [0.5, 0.6) is 0 Å². The highest BCUT2D eigenvalue weighted by atomic mass is 16.5. The number of rotatable bonds is 0. The second kappa shape index (κ2) is 2.69. The molecule has 0 radical (unpaired) electrons. The maximum Gasteiger partial charge on any atom is 0.219 e. The Morgan fingerprint density at radius 1 is 1.38 bits per heavy atom. The molecule has 0 saturated heterocycles. The van der Waals surface area contributed by atoms with E-state index in [-0.39, 0.29) is 11.5 Å². The molecule has 2 N–H and O–H groups in total. The summed E-state index contributed by atoms with van der Waals surface area (Å²) in [5.41, 5.74) is 3.70. The molecule has 0 bridgehead atoms. The second-order valence-corrected chi connectivity index (χ2v) is 2.64. The first kappa shape index (κ1) is 8.90. The van der Waals surface area contributed by atoms with Crippen molar-refractivity contribution in [1.82, 2.24) is 0 Å². The Morgan fingerprint density at radius 3 is 2.23 bits per heavy atom. The first-order valence-electron chi connectivity index (χ1n) is 3.52. The third-order valence-electron chi connectivity index (χ3n) is 2.02. The Labute approximate surface area is 75.2 Å². The largest absolute Gasteiger partial charge is 0.472 e. The summed E-state index contributed by atoms with van der Waals surface area (Å²) in [6.45, 7) is 1.53. The van der Waals surface area contributed by atoms with Gasteiger partial charge < -0.3 is 10.5 Å². The van der Waals surface area contributed by atoms with Crippen molar-refractivity contribution < 1.29 is 4.74 Å². The fourth-order valence-electron chi connectivity index (χ4n) is 1.20. The molecule has 1 aliphatic rings. The lowest BCUT2D eigenvalue weighted by Crippen LogP contribution is -2.28. The maximum atomic E-state index is 8.81. The summed E-state index contributed by atoms with van der Waals surface area (Å²) in [6, 6.07) is 5.25. The number of nitrogens with zero attached hydrogens (tertiary/aromatic N) is 3. The van der Waals surface area contributed by atoms with E-state index in [0.29, 0.717) is 0 Å². The van der Waals surface area contributed by atoms with Crippen LogP contribution in [-0.4, -0.2) is 6.10 Å². The molecule has 5 heteroatoms. The maximum absolute atomic E-state index is 8.81. The average Bonchev–Trinajstić information content (AvgIpc) is 2.36. The van der Waals surface area contributed by atoms with Gasteiger partial charge in [-0.1, -0.05) is 0 Å². The normalized spacial score (nSPS) is 24.0. The van der Waals surface area contributed by atoms with Crippen molar-refractivity contribution in [3.8, 4) is 18.2 Å². The Hall–Kier alpha value is -2.19. The monoisotopic (exact) mass is 174 g/mol. The molecular weight excluding hydrogens is 168 g/mol. The van der Waals surface area contributed by atoms with E-state index in [4.69, 9.17) is 26.3 Å². The fourth-order valence-corrected chi connectivity index (χ4v) is 1.20. The van der Waals surface area contributed by atoms with E-state index in [2.05, 4.69) is 0 Å². The molecule has 0 aliphatic carbocycles. The van der Waals surface area contributed by atoms with Gasteiger partial charge in [-0.2, -0.15) is 15.8 Å². The van der Waals surface area contributed by atoms with E-state index < -0.39 is 11.5 Å². The zero-order valence-corrected chi connectivity index (χ0v) is 6.90. The van der Waals surface area contributed by atoms with Crippen LogP contribution in [0.25, 0.3) is 0 Å². The van der Waals surface area contributed by atoms with Gasteiger partial charge >= 0.3 is 0 Å². The van der Waals surface area contributed by atoms with E-state index in [9.17, 15) is 0 Å². The van der Waals surface area contributed by atoms with Crippen molar-refractivity contribution in [1.29, 1.82) is 15.8 Å². The van der Waals surface area contributed by atoms with Crippen LogP contribution in [0.2, 0.25) is 0 Å². The molecule has 0 amide bonds. The standard InChI is InChI=1S/C8H6N4O/c1-5-8(3-10,4-11)6(2-9)7(12)13-5/h5H,12H2,1H3/t5-/m1/s1. The van der Waals surface area contributed by atoms with Crippen molar-refractivity contribution >= 4 is 0 Å². The van der Waals surface area contributed by atoms with Gasteiger partial charge in [0.2, 0.25) is 11.3 Å². The number of ether oxygens (including phenoxy) is 1. The minimum Gasteiger partial charge on any atom is -0.472 e. The summed E-state index contributed by atoms with van der Waals surface area (Å²) in [4.78, 5) is 0. The van der Waals surface area contributed by atoms with Gasteiger partial charge in [-0.05, 0) is 6.92 Å². The van der Waals surface area contributed by atoms with E-state index in [1.54, 1.807) is 18.2 Å². The van der Waals surface area contributed by atoms with Crippen LogP contribution in [0.15, 0.2) is 11.5 Å². The molecule has 64 valence electrons. The molecule has 5 nitrogen and oxygen atoms in total. The molecule has 1 heterocycles. The molecule has 0 spiro atoms. The van der Waals surface area contributed by atoms with Gasteiger partial charge in [0.25, 0.3) is 0 Å². The minimum atomic E-state index is -1.54. The molecule has 0 aromatic rings. The zero-order valence-electron chi connectivity index (χ0n) is 6.90. The SMILES string of the molecule is C[C@H]1OC(N)=C(C#N)C1(C#N)C#N. The highest BCUT2D eigenvalue weighted by Crippen LogP contribution is 2.39. The fraction of sp³-hybridized carbons (Fsp3) is 0.375. The van der Waals surface area contributed by atoms with Gasteiger partial charge in [-0.3, -0.25) is 0 Å². The van der Waals surface area contributed by atoms with Crippen LogP contribution >= 0.6 is 0 Å². The summed E-state index contributed by atoms with van der Waals surface area (Å²) in [5.74, 6) is -0.127. The van der Waals surface area contributed by atoms with Crippen LogP contribution in [-0.2, 0) is 4.74 Å². The smallest absolute Gasteiger partial charge is 0.219 e. The van der Waals surface area contributed by atoms with Crippen LogP contribution in [0.1, 0.15) is 6.92 Å². The van der Waals surface area contributed by atoms with Crippen LogP contribution in [0.3, 0.4) is 0 Å². The van der Waals surface area contributed by atoms with Gasteiger partial charge in [0.15, 0.2) is 0 Å². The lowest BCUT2D eigenvalue weighted by atomic mass is 9.81.